The van der Waals surface area contributed by atoms with Crippen LogP contribution in [0.4, 0.5) is 0 Å². The third kappa shape index (κ3) is 1.02. The molecule has 0 unspecified atom stereocenters. The molecule has 80 valence electrons. The Hall–Kier alpha value is -1.22. The fraction of sp³-hybridized carbons (Fsp3) is 0.231. The minimum atomic E-state index is -0.907. The van der Waals surface area contributed by atoms with E-state index in [0.717, 1.165) is 17.5 Å². The van der Waals surface area contributed by atoms with Gasteiger partial charge in [0, 0.05) is 6.08 Å². The zero-order valence-corrected chi connectivity index (χ0v) is 10.1. The first kappa shape index (κ1) is 9.97. The highest BCUT2D eigenvalue weighted by Gasteiger charge is 2.54. The maximum Gasteiger partial charge on any atom is 0.188 e. The zero-order chi connectivity index (χ0) is 11.3. The number of halogens is 1. The fourth-order valence-electron chi connectivity index (χ4n) is 2.72. The van der Waals surface area contributed by atoms with Crippen LogP contribution in [0.25, 0.3) is 0 Å². The molecule has 16 heavy (non-hydrogen) atoms. The van der Waals surface area contributed by atoms with Crippen LogP contribution in [0.2, 0.25) is 0 Å². The van der Waals surface area contributed by atoms with E-state index in [4.69, 9.17) is 0 Å². The molecule has 0 bridgehead atoms. The first-order chi connectivity index (χ1) is 7.66. The standard InChI is InChI=1S/C13H9BrO2/c14-10-7-11(15)13(12(10)16)6-5-8-3-1-2-4-9(8)13/h1-4,7H,5-6H2/t13-/m1/s1. The third-order valence-electron chi connectivity index (χ3n) is 3.53. The summed E-state index contributed by atoms with van der Waals surface area (Å²) in [5, 5.41) is 0. The highest BCUT2D eigenvalue weighted by molar-refractivity contribution is 9.12. The van der Waals surface area contributed by atoms with Crippen LogP contribution in [0.15, 0.2) is 34.8 Å². The van der Waals surface area contributed by atoms with Crippen LogP contribution in [0.1, 0.15) is 17.5 Å². The average molecular weight is 277 g/mol. The largest absolute Gasteiger partial charge is 0.293 e. The van der Waals surface area contributed by atoms with Gasteiger partial charge in [0.1, 0.15) is 5.41 Å². The van der Waals surface area contributed by atoms with Crippen molar-refractivity contribution in [3.05, 3.63) is 46.0 Å². The smallest absolute Gasteiger partial charge is 0.188 e. The fourth-order valence-corrected chi connectivity index (χ4v) is 3.27. The van der Waals surface area contributed by atoms with Crippen LogP contribution in [0.5, 0.6) is 0 Å². The van der Waals surface area contributed by atoms with Gasteiger partial charge in [-0.25, -0.2) is 0 Å². The molecule has 1 atom stereocenters. The molecule has 0 fully saturated rings. The maximum atomic E-state index is 12.2. The van der Waals surface area contributed by atoms with E-state index in [2.05, 4.69) is 15.9 Å². The lowest BCUT2D eigenvalue weighted by Crippen LogP contribution is -2.36. The van der Waals surface area contributed by atoms with Gasteiger partial charge in [0.15, 0.2) is 11.6 Å². The lowest BCUT2D eigenvalue weighted by molar-refractivity contribution is -0.128. The lowest BCUT2D eigenvalue weighted by Gasteiger charge is -2.20. The molecule has 3 heteroatoms. The number of hydrogen-bond acceptors (Lipinski definition) is 2. The summed E-state index contributed by atoms with van der Waals surface area (Å²) >= 11 is 3.17. The van der Waals surface area contributed by atoms with Gasteiger partial charge in [-0.2, -0.15) is 0 Å². The van der Waals surface area contributed by atoms with Crippen LogP contribution in [0, 0.1) is 0 Å². The first-order valence-electron chi connectivity index (χ1n) is 5.21. The molecule has 0 saturated heterocycles. The number of ketones is 2. The van der Waals surface area contributed by atoms with Crippen molar-refractivity contribution < 1.29 is 9.59 Å². The van der Waals surface area contributed by atoms with E-state index in [1.54, 1.807) is 0 Å². The molecule has 1 aromatic carbocycles. The predicted octanol–water partition coefficient (Wildman–Crippen LogP) is 2.30. The number of aryl methyl sites for hydroxylation is 1. The zero-order valence-electron chi connectivity index (χ0n) is 8.50. The molecule has 0 N–H and O–H groups in total. The number of allylic oxidation sites excluding steroid dienone is 2. The van der Waals surface area contributed by atoms with Crippen LogP contribution >= 0.6 is 15.9 Å². The van der Waals surface area contributed by atoms with Gasteiger partial charge < -0.3 is 0 Å². The van der Waals surface area contributed by atoms with Gasteiger partial charge in [-0.05, 0) is 39.9 Å². The molecule has 1 aromatic rings. The summed E-state index contributed by atoms with van der Waals surface area (Å²) in [5.41, 5.74) is 1.12. The highest BCUT2D eigenvalue weighted by Crippen LogP contribution is 2.46. The number of Topliss-reactive ketones (excluding diaryl/α,β-unsaturated/α-hetero) is 1. The summed E-state index contributed by atoms with van der Waals surface area (Å²) in [7, 11) is 0. The van der Waals surface area contributed by atoms with Crippen molar-refractivity contribution in [2.24, 2.45) is 0 Å². The summed E-state index contributed by atoms with van der Waals surface area (Å²) < 4.78 is 0.411. The molecule has 1 spiro atoms. The van der Waals surface area contributed by atoms with Gasteiger partial charge in [-0.3, -0.25) is 9.59 Å². The number of carbonyl (C=O) groups is 2. The Labute approximate surface area is 101 Å². The quantitative estimate of drug-likeness (QED) is 0.682. The van der Waals surface area contributed by atoms with Crippen LogP contribution in [0.3, 0.4) is 0 Å². The van der Waals surface area contributed by atoms with Gasteiger partial charge in [-0.1, -0.05) is 24.3 Å². The van der Waals surface area contributed by atoms with Crippen molar-refractivity contribution in [2.75, 3.05) is 0 Å². The number of carbonyl (C=O) groups excluding carboxylic acids is 2. The number of hydrogen-bond donors (Lipinski definition) is 0. The second kappa shape index (κ2) is 3.14. The van der Waals surface area contributed by atoms with Gasteiger partial charge in [0.2, 0.25) is 0 Å². The Morgan fingerprint density at radius 2 is 1.94 bits per heavy atom. The van der Waals surface area contributed by atoms with Crippen LogP contribution in [-0.4, -0.2) is 11.6 Å². The predicted molar refractivity (Wildman–Crippen MR) is 63.5 cm³/mol. The summed E-state index contributed by atoms with van der Waals surface area (Å²) in [6.45, 7) is 0. The number of rotatable bonds is 0. The highest BCUT2D eigenvalue weighted by atomic mass is 79.9. The lowest BCUT2D eigenvalue weighted by atomic mass is 9.78. The van der Waals surface area contributed by atoms with Crippen molar-refractivity contribution in [3.63, 3.8) is 0 Å². The molecule has 0 heterocycles. The normalized spacial score (nSPS) is 27.4. The SMILES string of the molecule is O=C1C=C(Br)C(=O)[C@@]12CCc1ccccc12. The molecular weight excluding hydrogens is 268 g/mol. The monoisotopic (exact) mass is 276 g/mol. The summed E-state index contributed by atoms with van der Waals surface area (Å²) in [4.78, 5) is 24.2. The second-order valence-electron chi connectivity index (χ2n) is 4.25. The number of fused-ring (bicyclic) bond motifs is 2. The van der Waals surface area contributed by atoms with E-state index >= 15 is 0 Å². The van der Waals surface area contributed by atoms with Crippen molar-refractivity contribution in [1.82, 2.24) is 0 Å². The molecule has 2 aliphatic carbocycles. The van der Waals surface area contributed by atoms with E-state index in [0.29, 0.717) is 10.9 Å². The molecule has 0 radical (unpaired) electrons. The molecule has 0 amide bonds. The van der Waals surface area contributed by atoms with Gasteiger partial charge in [0.25, 0.3) is 0 Å². The van der Waals surface area contributed by atoms with E-state index in [9.17, 15) is 9.59 Å². The van der Waals surface area contributed by atoms with Crippen LogP contribution < -0.4 is 0 Å². The molecule has 0 saturated carbocycles. The molecule has 0 aliphatic heterocycles. The Morgan fingerprint density at radius 1 is 1.19 bits per heavy atom. The maximum absolute atomic E-state index is 12.2. The molecule has 2 nitrogen and oxygen atoms in total. The molecule has 2 aliphatic rings. The molecule has 0 aromatic heterocycles. The molecular formula is C13H9BrO2. The van der Waals surface area contributed by atoms with Crippen molar-refractivity contribution >= 4 is 27.5 Å². The van der Waals surface area contributed by atoms with Crippen molar-refractivity contribution in [2.45, 2.75) is 18.3 Å². The van der Waals surface area contributed by atoms with E-state index in [-0.39, 0.29) is 11.6 Å². The first-order valence-corrected chi connectivity index (χ1v) is 6.00. The Morgan fingerprint density at radius 3 is 2.62 bits per heavy atom. The van der Waals surface area contributed by atoms with Gasteiger partial charge >= 0.3 is 0 Å². The van der Waals surface area contributed by atoms with Crippen molar-refractivity contribution in [3.8, 4) is 0 Å². The van der Waals surface area contributed by atoms with Gasteiger partial charge in [0.05, 0.1) is 4.48 Å². The Balaban J connectivity index is 2.24. The Bertz CT molecular complexity index is 545. The van der Waals surface area contributed by atoms with E-state index in [1.165, 1.54) is 6.08 Å². The molecule has 3 rings (SSSR count). The topological polar surface area (TPSA) is 34.1 Å². The van der Waals surface area contributed by atoms with Crippen molar-refractivity contribution in [1.29, 1.82) is 0 Å². The third-order valence-corrected chi connectivity index (χ3v) is 4.12. The summed E-state index contributed by atoms with van der Waals surface area (Å²) in [6.07, 6.45) is 2.84. The van der Waals surface area contributed by atoms with Gasteiger partial charge in [-0.15, -0.1) is 0 Å². The minimum Gasteiger partial charge on any atom is -0.293 e. The average Bonchev–Trinajstić information content (AvgIpc) is 2.77. The number of benzene rings is 1. The summed E-state index contributed by atoms with van der Waals surface area (Å²) in [5.74, 6) is -0.156. The summed E-state index contributed by atoms with van der Waals surface area (Å²) in [6, 6.07) is 7.73. The minimum absolute atomic E-state index is 0.0747. The van der Waals surface area contributed by atoms with Crippen LogP contribution in [-0.2, 0) is 21.4 Å². The van der Waals surface area contributed by atoms with E-state index < -0.39 is 5.41 Å². The second-order valence-corrected chi connectivity index (χ2v) is 5.10. The Kier molecular flexibility index (Phi) is 1.96. The van der Waals surface area contributed by atoms with E-state index in [1.807, 2.05) is 24.3 Å².